The molecule has 252 valence electrons. The number of hydroxylamine groups is 2. The number of aromatic amines is 1. The first-order chi connectivity index (χ1) is 21.3. The maximum atomic E-state index is 13.0. The molecule has 46 heavy (non-hydrogen) atoms. The van der Waals surface area contributed by atoms with Crippen LogP contribution in [-0.4, -0.2) is 62.6 Å². The van der Waals surface area contributed by atoms with Gasteiger partial charge in [0.25, 0.3) is 11.5 Å². The Morgan fingerprint density at radius 1 is 1.09 bits per heavy atom. The molecule has 1 amide bonds. The first kappa shape index (κ1) is 37.4. The third-order valence-electron chi connectivity index (χ3n) is 9.23. The molecule has 0 saturated carbocycles. The van der Waals surface area contributed by atoms with Gasteiger partial charge >= 0.3 is 5.69 Å². The molecule has 2 heterocycles. The molecule has 1 aliphatic heterocycles. The van der Waals surface area contributed by atoms with Gasteiger partial charge in [-0.25, -0.2) is 9.86 Å². The normalized spacial score (nSPS) is 19.0. The van der Waals surface area contributed by atoms with Gasteiger partial charge < -0.3 is 13.6 Å². The third-order valence-corrected chi connectivity index (χ3v) is 18.2. The minimum atomic E-state index is -2.19. The maximum Gasteiger partial charge on any atom is 0.330 e. The molecule has 2 aromatic rings. The van der Waals surface area contributed by atoms with Crippen molar-refractivity contribution in [1.82, 2.24) is 14.6 Å². The molecule has 0 spiro atoms. The lowest BCUT2D eigenvalue weighted by Gasteiger charge is -2.40. The molecule has 1 fully saturated rings. The average Bonchev–Trinajstić information content (AvgIpc) is 3.34. The van der Waals surface area contributed by atoms with Gasteiger partial charge in [0.1, 0.15) is 24.5 Å². The van der Waals surface area contributed by atoms with Crippen LogP contribution in [0.5, 0.6) is 0 Å². The van der Waals surface area contributed by atoms with Crippen LogP contribution in [0.2, 0.25) is 36.3 Å². The molecule has 0 aliphatic carbocycles. The number of benzene rings is 1. The number of carbonyl (C=O) groups excluding carboxylic acids is 1. The molecular formula is C34H51N3O7Si2. The number of aromatic nitrogens is 2. The van der Waals surface area contributed by atoms with Gasteiger partial charge in [-0.15, -0.1) is 0 Å². The van der Waals surface area contributed by atoms with Gasteiger partial charge in [-0.2, -0.15) is 0 Å². The Labute approximate surface area is 275 Å². The van der Waals surface area contributed by atoms with Crippen LogP contribution in [0.4, 0.5) is 0 Å². The molecule has 0 bridgehead atoms. The molecule has 3 rings (SSSR count). The van der Waals surface area contributed by atoms with Crippen LogP contribution in [0.3, 0.4) is 0 Å². The monoisotopic (exact) mass is 669 g/mol. The van der Waals surface area contributed by atoms with E-state index in [1.807, 2.05) is 30.3 Å². The topological polar surface area (TPSA) is 112 Å². The first-order valence-electron chi connectivity index (χ1n) is 15.7. The molecule has 1 aliphatic rings. The summed E-state index contributed by atoms with van der Waals surface area (Å²) in [6.07, 6.45) is 1.61. The number of hydrogen-bond acceptors (Lipinski definition) is 7. The number of carbonyl (C=O) groups is 1. The van der Waals surface area contributed by atoms with Gasteiger partial charge in [-0.05, 0) is 47.9 Å². The highest BCUT2D eigenvalue weighted by Crippen LogP contribution is 2.42. The van der Waals surface area contributed by atoms with Gasteiger partial charge in [0.05, 0.1) is 19.3 Å². The van der Waals surface area contributed by atoms with Crippen LogP contribution >= 0.6 is 0 Å². The number of rotatable bonds is 11. The fraction of sp³-hybridized carbons (Fsp3) is 0.559. The quantitative estimate of drug-likeness (QED) is 0.141. The van der Waals surface area contributed by atoms with Crippen molar-refractivity contribution in [3.8, 4) is 11.8 Å². The van der Waals surface area contributed by atoms with Crippen LogP contribution in [0.15, 0.2) is 58.8 Å². The number of nitrogens with one attached hydrogen (secondary N) is 1. The van der Waals surface area contributed by atoms with E-state index in [2.05, 4.69) is 91.1 Å². The van der Waals surface area contributed by atoms with E-state index in [1.165, 1.54) is 10.8 Å². The zero-order chi connectivity index (χ0) is 34.5. The van der Waals surface area contributed by atoms with Crippen LogP contribution < -0.4 is 11.2 Å². The van der Waals surface area contributed by atoms with Crippen molar-refractivity contribution in [3.63, 3.8) is 0 Å². The Morgan fingerprint density at radius 2 is 1.72 bits per heavy atom. The predicted molar refractivity (Wildman–Crippen MR) is 185 cm³/mol. The highest BCUT2D eigenvalue weighted by atomic mass is 28.4. The summed E-state index contributed by atoms with van der Waals surface area (Å²) >= 11 is 0. The highest BCUT2D eigenvalue weighted by molar-refractivity contribution is 6.74. The molecular weight excluding hydrogens is 619 g/mol. The SMILES string of the molecule is C=CC(=O)N(Cc1ccccc1)OCC#Cc1cn([C@H]2CC(O[Si](C)(C)C(C)(C)C)[C@@H](CO[Si](C)(C)C(C)(C)C)O2)c(=O)[nH]c1=O. The van der Waals surface area contributed by atoms with E-state index in [0.717, 1.165) is 16.7 Å². The van der Waals surface area contributed by atoms with Crippen molar-refractivity contribution < 1.29 is 23.2 Å². The fourth-order valence-corrected chi connectivity index (χ4v) is 6.65. The Kier molecular flexibility index (Phi) is 12.0. The summed E-state index contributed by atoms with van der Waals surface area (Å²) in [6.45, 7) is 25.8. The summed E-state index contributed by atoms with van der Waals surface area (Å²) in [4.78, 5) is 46.0. The van der Waals surface area contributed by atoms with Gasteiger partial charge in [0.2, 0.25) is 0 Å². The lowest BCUT2D eigenvalue weighted by Crippen LogP contribution is -2.48. The van der Waals surface area contributed by atoms with E-state index in [0.29, 0.717) is 13.0 Å². The molecule has 0 radical (unpaired) electrons. The summed E-state index contributed by atoms with van der Waals surface area (Å²) in [5.41, 5.74) is -0.282. The van der Waals surface area contributed by atoms with Gasteiger partial charge in [0, 0.05) is 12.6 Å². The summed E-state index contributed by atoms with van der Waals surface area (Å²) in [5, 5.41) is 1.15. The third kappa shape index (κ3) is 9.50. The number of amides is 1. The van der Waals surface area contributed by atoms with Gasteiger partial charge in [-0.3, -0.25) is 24.0 Å². The van der Waals surface area contributed by atoms with Crippen LogP contribution in [0.1, 0.15) is 65.3 Å². The minimum absolute atomic E-state index is 0.0193. The molecule has 10 nitrogen and oxygen atoms in total. The minimum Gasteiger partial charge on any atom is -0.414 e. The molecule has 1 aromatic carbocycles. The second kappa shape index (κ2) is 14.8. The second-order valence-electron chi connectivity index (χ2n) is 14.7. The molecule has 1 saturated heterocycles. The van der Waals surface area contributed by atoms with E-state index >= 15 is 0 Å². The summed E-state index contributed by atoms with van der Waals surface area (Å²) in [6, 6.07) is 9.36. The standard InChI is InChI=1S/C34H51N3O7Si2/c1-12-29(38)37(22-25-17-14-13-15-18-25)41-20-16-19-26-23-36(32(40)35-31(26)39)30-21-27(44-46(10,11)34(5,6)7)28(43-30)24-42-45(8,9)33(2,3)4/h12-15,17-18,23,27-28,30H,1,20-22,24H2,2-11H3,(H,35,39,40)/t27?,28-,30-/m1/s1. The lowest BCUT2D eigenvalue weighted by molar-refractivity contribution is -0.179. The van der Waals surface area contributed by atoms with Crippen LogP contribution in [0, 0.1) is 11.8 Å². The zero-order valence-corrected chi connectivity index (χ0v) is 31.1. The fourth-order valence-electron chi connectivity index (χ4n) is 4.28. The predicted octanol–water partition coefficient (Wildman–Crippen LogP) is 5.73. The summed E-state index contributed by atoms with van der Waals surface area (Å²) < 4.78 is 21.2. The Balaban J connectivity index is 1.83. The van der Waals surface area contributed by atoms with Crippen molar-refractivity contribution in [2.75, 3.05) is 13.2 Å². The van der Waals surface area contributed by atoms with E-state index in [4.69, 9.17) is 18.4 Å². The van der Waals surface area contributed by atoms with Crippen molar-refractivity contribution in [3.05, 3.63) is 81.1 Å². The van der Waals surface area contributed by atoms with Crippen molar-refractivity contribution in [2.24, 2.45) is 0 Å². The number of hydrogen-bond donors (Lipinski definition) is 1. The Hall–Kier alpha value is -3.06. The Morgan fingerprint density at radius 3 is 2.30 bits per heavy atom. The lowest BCUT2D eigenvalue weighted by atomic mass is 10.2. The van der Waals surface area contributed by atoms with E-state index in [-0.39, 0.29) is 34.9 Å². The van der Waals surface area contributed by atoms with Crippen LogP contribution in [-0.2, 0) is 29.8 Å². The van der Waals surface area contributed by atoms with E-state index < -0.39 is 46.1 Å². The largest absolute Gasteiger partial charge is 0.414 e. The molecule has 12 heteroatoms. The molecule has 1 unspecified atom stereocenters. The maximum absolute atomic E-state index is 13.0. The molecule has 3 atom stereocenters. The number of nitrogens with zero attached hydrogens (tertiary/aromatic N) is 2. The zero-order valence-electron chi connectivity index (χ0n) is 29.1. The van der Waals surface area contributed by atoms with E-state index in [1.54, 1.807) is 0 Å². The van der Waals surface area contributed by atoms with Crippen molar-refractivity contribution in [1.29, 1.82) is 0 Å². The van der Waals surface area contributed by atoms with Gasteiger partial charge in [-0.1, -0.05) is 90.3 Å². The average molecular weight is 670 g/mol. The summed E-state index contributed by atoms with van der Waals surface area (Å²) in [7, 11) is -4.28. The van der Waals surface area contributed by atoms with Crippen LogP contribution in [0.25, 0.3) is 0 Å². The smallest absolute Gasteiger partial charge is 0.330 e. The molecule has 1 N–H and O–H groups in total. The number of H-pyrrole nitrogens is 1. The highest BCUT2D eigenvalue weighted by Gasteiger charge is 2.46. The second-order valence-corrected chi connectivity index (χ2v) is 24.3. The Bertz CT molecular complexity index is 1540. The van der Waals surface area contributed by atoms with E-state index in [9.17, 15) is 14.4 Å². The summed E-state index contributed by atoms with van der Waals surface area (Å²) in [5.74, 6) is 5.14. The van der Waals surface area contributed by atoms with Gasteiger partial charge in [0.15, 0.2) is 16.6 Å². The first-order valence-corrected chi connectivity index (χ1v) is 21.5. The van der Waals surface area contributed by atoms with Crippen molar-refractivity contribution >= 4 is 22.5 Å². The molecule has 1 aromatic heterocycles. The number of ether oxygens (including phenoxy) is 1. The van der Waals surface area contributed by atoms with Crippen molar-refractivity contribution in [2.45, 2.75) is 109 Å².